The van der Waals surface area contributed by atoms with Gasteiger partial charge in [0.2, 0.25) is 0 Å². The zero-order valence-corrected chi connectivity index (χ0v) is 16.2. The SMILES string of the molecule is Cc1onc(-c2ccc(F)cc2)c1C(=O)NC(N)=NCc1cc(Cl)cc(Cl)c1. The molecule has 3 N–H and O–H groups in total. The summed E-state index contributed by atoms with van der Waals surface area (Å²) in [6, 6.07) is 10.5. The van der Waals surface area contributed by atoms with Crippen LogP contribution in [-0.4, -0.2) is 17.0 Å². The van der Waals surface area contributed by atoms with E-state index in [1.165, 1.54) is 24.3 Å². The fourth-order valence-electron chi connectivity index (χ4n) is 2.54. The van der Waals surface area contributed by atoms with Gasteiger partial charge in [-0.1, -0.05) is 28.4 Å². The molecule has 0 bridgehead atoms. The van der Waals surface area contributed by atoms with Crippen molar-refractivity contribution in [1.29, 1.82) is 0 Å². The van der Waals surface area contributed by atoms with E-state index in [2.05, 4.69) is 15.5 Å². The van der Waals surface area contributed by atoms with Gasteiger partial charge in [-0.05, 0) is 55.0 Å². The lowest BCUT2D eigenvalue weighted by atomic mass is 10.1. The minimum Gasteiger partial charge on any atom is -0.370 e. The Bertz CT molecular complexity index is 1030. The average molecular weight is 421 g/mol. The molecule has 0 saturated carbocycles. The molecule has 6 nitrogen and oxygen atoms in total. The predicted octanol–water partition coefficient (Wildman–Crippen LogP) is 4.34. The van der Waals surface area contributed by atoms with Crippen LogP contribution >= 0.6 is 23.2 Å². The fourth-order valence-corrected chi connectivity index (χ4v) is 3.11. The first-order valence-corrected chi connectivity index (χ1v) is 8.87. The number of nitrogens with zero attached hydrogens (tertiary/aromatic N) is 2. The molecule has 0 radical (unpaired) electrons. The summed E-state index contributed by atoms with van der Waals surface area (Å²) in [4.78, 5) is 16.7. The van der Waals surface area contributed by atoms with Crippen LogP contribution in [0.2, 0.25) is 10.0 Å². The number of aromatic nitrogens is 1. The molecule has 0 atom stereocenters. The van der Waals surface area contributed by atoms with Crippen molar-refractivity contribution in [3.63, 3.8) is 0 Å². The minimum absolute atomic E-state index is 0.0910. The van der Waals surface area contributed by atoms with Crippen LogP contribution < -0.4 is 11.1 Å². The van der Waals surface area contributed by atoms with E-state index in [0.717, 1.165) is 5.56 Å². The molecule has 3 aromatic rings. The van der Waals surface area contributed by atoms with Crippen molar-refractivity contribution in [2.24, 2.45) is 10.7 Å². The van der Waals surface area contributed by atoms with Crippen LogP contribution in [0.1, 0.15) is 21.7 Å². The second kappa shape index (κ2) is 8.41. The molecule has 2 aromatic carbocycles. The van der Waals surface area contributed by atoms with E-state index < -0.39 is 11.7 Å². The number of benzene rings is 2. The van der Waals surface area contributed by atoms with Gasteiger partial charge in [0.15, 0.2) is 5.96 Å². The summed E-state index contributed by atoms with van der Waals surface area (Å²) < 4.78 is 18.3. The van der Waals surface area contributed by atoms with Crippen molar-refractivity contribution in [3.8, 4) is 11.3 Å². The third kappa shape index (κ3) is 4.68. The summed E-state index contributed by atoms with van der Waals surface area (Å²) in [7, 11) is 0. The van der Waals surface area contributed by atoms with Gasteiger partial charge >= 0.3 is 0 Å². The van der Waals surface area contributed by atoms with Crippen molar-refractivity contribution in [2.75, 3.05) is 0 Å². The number of guanidine groups is 1. The van der Waals surface area contributed by atoms with Crippen LogP contribution in [0.4, 0.5) is 4.39 Å². The number of nitrogens with two attached hydrogens (primary N) is 1. The number of carbonyl (C=O) groups excluding carboxylic acids is 1. The predicted molar refractivity (Wildman–Crippen MR) is 106 cm³/mol. The molecule has 0 aliphatic carbocycles. The van der Waals surface area contributed by atoms with Crippen LogP contribution in [0.15, 0.2) is 52.0 Å². The van der Waals surface area contributed by atoms with Crippen LogP contribution in [0.3, 0.4) is 0 Å². The maximum atomic E-state index is 13.1. The summed E-state index contributed by atoms with van der Waals surface area (Å²) in [5.74, 6) is -0.728. The van der Waals surface area contributed by atoms with Crippen molar-refractivity contribution in [1.82, 2.24) is 10.5 Å². The van der Waals surface area contributed by atoms with Crippen molar-refractivity contribution in [3.05, 3.63) is 75.2 Å². The van der Waals surface area contributed by atoms with Gasteiger partial charge in [0, 0.05) is 15.6 Å². The Morgan fingerprint density at radius 3 is 2.50 bits per heavy atom. The highest BCUT2D eigenvalue weighted by atomic mass is 35.5. The standard InChI is InChI=1S/C19H15Cl2FN4O2/c1-10-16(17(26-28-10)12-2-4-15(22)5-3-12)18(27)25-19(23)24-9-11-6-13(20)8-14(21)7-11/h2-8H,9H2,1H3,(H3,23,24,25,27). The summed E-state index contributed by atoms with van der Waals surface area (Å²) in [5, 5.41) is 7.33. The van der Waals surface area contributed by atoms with Gasteiger partial charge in [-0.15, -0.1) is 0 Å². The van der Waals surface area contributed by atoms with E-state index >= 15 is 0 Å². The zero-order valence-electron chi connectivity index (χ0n) is 14.7. The Balaban J connectivity index is 1.77. The monoisotopic (exact) mass is 420 g/mol. The molecule has 1 heterocycles. The molecule has 1 amide bonds. The largest absolute Gasteiger partial charge is 0.370 e. The maximum Gasteiger partial charge on any atom is 0.263 e. The first-order chi connectivity index (χ1) is 13.3. The Labute approximate surface area is 170 Å². The fraction of sp³-hybridized carbons (Fsp3) is 0.105. The lowest BCUT2D eigenvalue weighted by Gasteiger charge is -2.06. The van der Waals surface area contributed by atoms with E-state index in [4.69, 9.17) is 33.5 Å². The molecule has 3 rings (SSSR count). The average Bonchev–Trinajstić information content (AvgIpc) is 3.01. The van der Waals surface area contributed by atoms with E-state index in [0.29, 0.717) is 21.4 Å². The summed E-state index contributed by atoms with van der Waals surface area (Å²) >= 11 is 11.9. The Morgan fingerprint density at radius 1 is 1.21 bits per heavy atom. The molecule has 0 spiro atoms. The van der Waals surface area contributed by atoms with Gasteiger partial charge in [-0.25, -0.2) is 9.38 Å². The van der Waals surface area contributed by atoms with Crippen LogP contribution in [0.5, 0.6) is 0 Å². The van der Waals surface area contributed by atoms with Gasteiger partial charge in [-0.2, -0.15) is 0 Å². The number of carbonyl (C=O) groups is 1. The minimum atomic E-state index is -0.538. The Hall–Kier alpha value is -2.90. The first kappa shape index (κ1) is 19.9. The summed E-state index contributed by atoms with van der Waals surface area (Å²) in [5.41, 5.74) is 7.56. The first-order valence-electron chi connectivity index (χ1n) is 8.12. The molecular formula is C19H15Cl2FN4O2. The quantitative estimate of drug-likeness (QED) is 0.484. The lowest BCUT2D eigenvalue weighted by molar-refractivity contribution is 0.0975. The van der Waals surface area contributed by atoms with Crippen molar-refractivity contribution >= 4 is 35.1 Å². The molecule has 9 heteroatoms. The number of aryl methyl sites for hydroxylation is 1. The van der Waals surface area contributed by atoms with Crippen LogP contribution in [0, 0.1) is 12.7 Å². The van der Waals surface area contributed by atoms with E-state index in [1.807, 2.05) is 0 Å². The molecular weight excluding hydrogens is 406 g/mol. The highest BCUT2D eigenvalue weighted by Gasteiger charge is 2.22. The van der Waals surface area contributed by atoms with Gasteiger partial charge in [0.25, 0.3) is 5.91 Å². The summed E-state index contributed by atoms with van der Waals surface area (Å²) in [6.07, 6.45) is 0. The number of hydrogen-bond acceptors (Lipinski definition) is 4. The highest BCUT2D eigenvalue weighted by molar-refractivity contribution is 6.34. The van der Waals surface area contributed by atoms with Gasteiger partial charge in [0.1, 0.15) is 22.8 Å². The third-order valence-electron chi connectivity index (χ3n) is 3.80. The number of halogens is 3. The normalized spacial score (nSPS) is 11.5. The second-order valence-electron chi connectivity index (χ2n) is 5.90. The van der Waals surface area contributed by atoms with Gasteiger partial charge in [0.05, 0.1) is 6.54 Å². The number of nitrogens with one attached hydrogen (secondary N) is 1. The zero-order chi connectivity index (χ0) is 20.3. The summed E-state index contributed by atoms with van der Waals surface area (Å²) in [6.45, 7) is 1.77. The molecule has 0 fully saturated rings. The maximum absolute atomic E-state index is 13.1. The molecule has 0 unspecified atom stereocenters. The molecule has 0 aliphatic heterocycles. The van der Waals surface area contributed by atoms with Gasteiger partial charge < -0.3 is 10.3 Å². The molecule has 1 aromatic heterocycles. The van der Waals surface area contributed by atoms with Crippen LogP contribution in [0.25, 0.3) is 11.3 Å². The van der Waals surface area contributed by atoms with E-state index in [1.54, 1.807) is 25.1 Å². The molecule has 0 aliphatic rings. The number of amides is 1. The second-order valence-corrected chi connectivity index (χ2v) is 6.78. The Morgan fingerprint density at radius 2 is 1.86 bits per heavy atom. The third-order valence-corrected chi connectivity index (χ3v) is 4.24. The molecule has 0 saturated heterocycles. The highest BCUT2D eigenvalue weighted by Crippen LogP contribution is 2.25. The topological polar surface area (TPSA) is 93.5 Å². The Kier molecular flexibility index (Phi) is 5.96. The number of hydrogen-bond donors (Lipinski definition) is 2. The number of rotatable bonds is 4. The van der Waals surface area contributed by atoms with E-state index in [-0.39, 0.29) is 23.8 Å². The van der Waals surface area contributed by atoms with E-state index in [9.17, 15) is 9.18 Å². The lowest BCUT2D eigenvalue weighted by Crippen LogP contribution is -2.37. The number of aliphatic imine (C=N–C) groups is 1. The van der Waals surface area contributed by atoms with Crippen LogP contribution in [-0.2, 0) is 6.54 Å². The van der Waals surface area contributed by atoms with Crippen molar-refractivity contribution < 1.29 is 13.7 Å². The molecule has 144 valence electrons. The molecule has 28 heavy (non-hydrogen) atoms. The smallest absolute Gasteiger partial charge is 0.263 e. The van der Waals surface area contributed by atoms with Gasteiger partial charge in [-0.3, -0.25) is 10.1 Å². The van der Waals surface area contributed by atoms with Crippen molar-refractivity contribution in [2.45, 2.75) is 13.5 Å².